The summed E-state index contributed by atoms with van der Waals surface area (Å²) in [6, 6.07) is 13.1. The molecule has 2 saturated heterocycles. The molecule has 0 unspecified atom stereocenters. The summed E-state index contributed by atoms with van der Waals surface area (Å²) in [5.74, 6) is -1.23. The SMILES string of the molecule is CSCC[C@@H]1N[C@@]2(C(=O)Nc3c2ccc(Cl)c3C)[C@H]2C(=O)N(CCc3ccccc3)C(=O)[C@H]12. The quantitative estimate of drug-likeness (QED) is 0.616. The van der Waals surface area contributed by atoms with Gasteiger partial charge < -0.3 is 5.32 Å². The molecule has 3 amide bonds. The molecule has 0 bridgehead atoms. The van der Waals surface area contributed by atoms with E-state index in [4.69, 9.17) is 11.6 Å². The molecular formula is C25H26ClN3O3S. The number of fused-ring (bicyclic) bond motifs is 4. The molecule has 6 nitrogen and oxygen atoms in total. The first kappa shape index (κ1) is 22.4. The number of amides is 3. The van der Waals surface area contributed by atoms with Crippen LogP contribution in [0, 0.1) is 18.8 Å². The summed E-state index contributed by atoms with van der Waals surface area (Å²) < 4.78 is 0. The number of likely N-dealkylation sites (tertiary alicyclic amines) is 1. The molecule has 172 valence electrons. The van der Waals surface area contributed by atoms with E-state index in [0.29, 0.717) is 35.7 Å². The Hall–Kier alpha value is -2.35. The number of rotatable bonds is 6. The van der Waals surface area contributed by atoms with Crippen LogP contribution in [0.15, 0.2) is 42.5 Å². The number of hydrogen-bond donors (Lipinski definition) is 2. The Balaban J connectivity index is 1.54. The third-order valence-electron chi connectivity index (χ3n) is 7.28. The molecule has 2 aromatic rings. The normalized spacial score (nSPS) is 27.9. The molecule has 2 fully saturated rings. The minimum atomic E-state index is -1.26. The van der Waals surface area contributed by atoms with Crippen LogP contribution in [0.2, 0.25) is 5.02 Å². The lowest BCUT2D eigenvalue weighted by Crippen LogP contribution is -2.53. The number of anilines is 1. The minimum absolute atomic E-state index is 0.177. The Morgan fingerprint density at radius 1 is 1.09 bits per heavy atom. The highest BCUT2D eigenvalue weighted by Gasteiger charge is 2.70. The number of carbonyl (C=O) groups excluding carboxylic acids is 3. The molecule has 5 rings (SSSR count). The van der Waals surface area contributed by atoms with Gasteiger partial charge in [0.05, 0.1) is 17.5 Å². The van der Waals surface area contributed by atoms with Crippen molar-refractivity contribution in [3.05, 3.63) is 64.2 Å². The molecule has 0 aliphatic carbocycles. The molecule has 4 atom stereocenters. The zero-order valence-corrected chi connectivity index (χ0v) is 20.1. The first-order valence-corrected chi connectivity index (χ1v) is 12.9. The lowest BCUT2D eigenvalue weighted by molar-refractivity contribution is -0.142. The van der Waals surface area contributed by atoms with E-state index in [1.165, 1.54) is 4.90 Å². The van der Waals surface area contributed by atoms with Crippen LogP contribution < -0.4 is 10.6 Å². The summed E-state index contributed by atoms with van der Waals surface area (Å²) in [6.07, 6.45) is 3.30. The van der Waals surface area contributed by atoms with Crippen molar-refractivity contribution in [1.29, 1.82) is 0 Å². The maximum absolute atomic E-state index is 13.8. The predicted molar refractivity (Wildman–Crippen MR) is 130 cm³/mol. The van der Waals surface area contributed by atoms with Crippen molar-refractivity contribution in [3.63, 3.8) is 0 Å². The van der Waals surface area contributed by atoms with E-state index in [0.717, 1.165) is 16.9 Å². The van der Waals surface area contributed by atoms with Gasteiger partial charge in [0.15, 0.2) is 0 Å². The number of hydrogen-bond acceptors (Lipinski definition) is 5. The standard InChI is InChI=1S/C25H26ClN3O3S/c1-14-17(26)9-8-16-21(14)27-24(32)25(16)20-19(18(28-25)11-13-33-2)22(30)29(23(20)31)12-10-15-6-4-3-5-7-15/h3-9,18-20,28H,10-13H2,1-2H3,(H,27,32)/t18-,19+,20+,25+/m0/s1. The van der Waals surface area contributed by atoms with Crippen LogP contribution in [0.4, 0.5) is 5.69 Å². The highest BCUT2D eigenvalue weighted by molar-refractivity contribution is 7.98. The highest BCUT2D eigenvalue weighted by atomic mass is 35.5. The van der Waals surface area contributed by atoms with E-state index in [1.807, 2.05) is 49.6 Å². The molecular weight excluding hydrogens is 458 g/mol. The van der Waals surface area contributed by atoms with Gasteiger partial charge in [-0.2, -0.15) is 11.8 Å². The molecule has 33 heavy (non-hydrogen) atoms. The Kier molecular flexibility index (Phi) is 5.75. The number of nitrogens with one attached hydrogen (secondary N) is 2. The molecule has 8 heteroatoms. The largest absolute Gasteiger partial charge is 0.324 e. The molecule has 0 saturated carbocycles. The van der Waals surface area contributed by atoms with E-state index in [1.54, 1.807) is 17.8 Å². The summed E-state index contributed by atoms with van der Waals surface area (Å²) in [5, 5.41) is 6.99. The monoisotopic (exact) mass is 483 g/mol. The minimum Gasteiger partial charge on any atom is -0.324 e. The van der Waals surface area contributed by atoms with Crippen LogP contribution in [0.5, 0.6) is 0 Å². The Labute approximate surface area is 202 Å². The van der Waals surface area contributed by atoms with E-state index in [2.05, 4.69) is 10.6 Å². The van der Waals surface area contributed by atoms with Crippen molar-refractivity contribution in [3.8, 4) is 0 Å². The maximum Gasteiger partial charge on any atom is 0.250 e. The number of halogens is 1. The Bertz CT molecular complexity index is 1140. The molecule has 0 aromatic heterocycles. The van der Waals surface area contributed by atoms with Gasteiger partial charge in [-0.1, -0.05) is 48.0 Å². The van der Waals surface area contributed by atoms with E-state index in [9.17, 15) is 14.4 Å². The number of nitrogens with zero attached hydrogens (tertiary/aromatic N) is 1. The molecule has 0 radical (unpaired) electrons. The van der Waals surface area contributed by atoms with E-state index in [-0.39, 0.29) is 23.8 Å². The van der Waals surface area contributed by atoms with Crippen molar-refractivity contribution < 1.29 is 14.4 Å². The van der Waals surface area contributed by atoms with Gasteiger partial charge in [-0.05, 0) is 49.0 Å². The summed E-state index contributed by atoms with van der Waals surface area (Å²) in [6.45, 7) is 2.17. The lowest BCUT2D eigenvalue weighted by Gasteiger charge is -2.29. The van der Waals surface area contributed by atoms with Gasteiger partial charge in [0.2, 0.25) is 17.7 Å². The van der Waals surface area contributed by atoms with Gasteiger partial charge in [0.25, 0.3) is 0 Å². The fraction of sp³-hybridized carbons (Fsp3) is 0.400. The highest BCUT2D eigenvalue weighted by Crippen LogP contribution is 2.54. The molecule has 3 heterocycles. The third kappa shape index (κ3) is 3.32. The zero-order chi connectivity index (χ0) is 23.3. The van der Waals surface area contributed by atoms with Crippen LogP contribution in [-0.2, 0) is 26.3 Å². The first-order valence-electron chi connectivity index (χ1n) is 11.2. The molecule has 1 spiro atoms. The average molecular weight is 484 g/mol. The lowest BCUT2D eigenvalue weighted by atomic mass is 9.76. The van der Waals surface area contributed by atoms with Gasteiger partial charge in [-0.3, -0.25) is 24.6 Å². The van der Waals surface area contributed by atoms with Crippen molar-refractivity contribution in [2.24, 2.45) is 11.8 Å². The molecule has 3 aliphatic rings. The first-order chi connectivity index (χ1) is 15.9. The predicted octanol–water partition coefficient (Wildman–Crippen LogP) is 3.36. The van der Waals surface area contributed by atoms with E-state index >= 15 is 0 Å². The fourth-order valence-corrected chi connectivity index (χ4v) is 6.30. The van der Waals surface area contributed by atoms with Gasteiger partial charge >= 0.3 is 0 Å². The smallest absolute Gasteiger partial charge is 0.250 e. The summed E-state index contributed by atoms with van der Waals surface area (Å²) in [4.78, 5) is 42.2. The second-order valence-electron chi connectivity index (χ2n) is 8.96. The van der Waals surface area contributed by atoms with Crippen molar-refractivity contribution >= 4 is 46.8 Å². The van der Waals surface area contributed by atoms with Gasteiger partial charge in [-0.15, -0.1) is 0 Å². The average Bonchev–Trinajstić information content (AvgIpc) is 3.39. The molecule has 3 aliphatic heterocycles. The summed E-state index contributed by atoms with van der Waals surface area (Å²) in [7, 11) is 0. The number of imide groups is 1. The summed E-state index contributed by atoms with van der Waals surface area (Å²) in [5.41, 5.74) is 1.93. The van der Waals surface area contributed by atoms with Crippen LogP contribution in [0.25, 0.3) is 0 Å². The van der Waals surface area contributed by atoms with Crippen LogP contribution >= 0.6 is 23.4 Å². The van der Waals surface area contributed by atoms with Crippen molar-refractivity contribution in [1.82, 2.24) is 10.2 Å². The second-order valence-corrected chi connectivity index (χ2v) is 10.3. The van der Waals surface area contributed by atoms with Crippen LogP contribution in [0.3, 0.4) is 0 Å². The fourth-order valence-electron chi connectivity index (χ4n) is 5.65. The van der Waals surface area contributed by atoms with Gasteiger partial charge in [0.1, 0.15) is 5.54 Å². The molecule has 2 aromatic carbocycles. The topological polar surface area (TPSA) is 78.5 Å². The summed E-state index contributed by atoms with van der Waals surface area (Å²) >= 11 is 8.00. The maximum atomic E-state index is 13.8. The zero-order valence-electron chi connectivity index (χ0n) is 18.6. The number of thioether (sulfide) groups is 1. The Morgan fingerprint density at radius 2 is 1.85 bits per heavy atom. The van der Waals surface area contributed by atoms with Gasteiger partial charge in [-0.25, -0.2) is 0 Å². The van der Waals surface area contributed by atoms with E-state index < -0.39 is 17.4 Å². The van der Waals surface area contributed by atoms with Crippen LogP contribution in [0.1, 0.15) is 23.1 Å². The van der Waals surface area contributed by atoms with Crippen molar-refractivity contribution in [2.45, 2.75) is 31.3 Å². The Morgan fingerprint density at radius 3 is 2.58 bits per heavy atom. The third-order valence-corrected chi connectivity index (χ3v) is 8.33. The molecule has 2 N–H and O–H groups in total. The van der Waals surface area contributed by atoms with Crippen molar-refractivity contribution in [2.75, 3.05) is 23.9 Å². The second kappa shape index (κ2) is 8.46. The number of benzene rings is 2. The number of carbonyl (C=O) groups is 3. The van der Waals surface area contributed by atoms with Gasteiger partial charge in [0, 0.05) is 23.2 Å². The van der Waals surface area contributed by atoms with Crippen LogP contribution in [-0.4, -0.2) is 47.2 Å².